The lowest BCUT2D eigenvalue weighted by Gasteiger charge is -2.11. The zero-order valence-corrected chi connectivity index (χ0v) is 18.1. The predicted octanol–water partition coefficient (Wildman–Crippen LogP) is 3.31. The molecular formula is C20H19N3O4S3. The van der Waals surface area contributed by atoms with E-state index in [-0.39, 0.29) is 22.3 Å². The zero-order valence-electron chi connectivity index (χ0n) is 15.7. The smallest absolute Gasteiger partial charge is 0.271 e. The molecule has 0 unspecified atom stereocenters. The number of carbonyl (C=O) groups is 2. The first kappa shape index (κ1) is 21.9. The van der Waals surface area contributed by atoms with Crippen LogP contribution in [0.5, 0.6) is 0 Å². The molecule has 2 amide bonds. The second-order valence-corrected chi connectivity index (χ2v) is 10.1. The Kier molecular flexibility index (Phi) is 7.14. The summed E-state index contributed by atoms with van der Waals surface area (Å²) >= 11 is 2.39. The molecule has 3 rings (SSSR count). The Bertz CT molecular complexity index is 1130. The first-order valence-corrected chi connectivity index (χ1v) is 12.1. The molecule has 0 saturated heterocycles. The number of anilines is 2. The summed E-state index contributed by atoms with van der Waals surface area (Å²) in [6.45, 7) is 0. The Hall–Kier alpha value is -2.82. The standard InChI is InChI=1S/C20H19N3O4S3/c21-18(24)13-29-17-5-2-1-4-16(17)22-19(25)12-14-7-9-15(10-8-14)23-30(26,27)20-6-3-11-28-20/h1-11,23H,12-13H2,(H2,21,24)(H,22,25). The van der Waals surface area contributed by atoms with Crippen molar-refractivity contribution >= 4 is 56.3 Å². The van der Waals surface area contributed by atoms with Crippen molar-refractivity contribution in [1.29, 1.82) is 0 Å². The number of carbonyl (C=O) groups excluding carboxylic acids is 2. The molecule has 0 aliphatic heterocycles. The van der Waals surface area contributed by atoms with Gasteiger partial charge in [-0.3, -0.25) is 14.3 Å². The van der Waals surface area contributed by atoms with Crippen molar-refractivity contribution in [2.45, 2.75) is 15.5 Å². The Morgan fingerprint density at radius 3 is 2.40 bits per heavy atom. The number of para-hydroxylation sites is 1. The molecule has 2 aromatic carbocycles. The van der Waals surface area contributed by atoms with Gasteiger partial charge in [-0.05, 0) is 41.3 Å². The zero-order chi connectivity index (χ0) is 21.6. The molecule has 1 heterocycles. The van der Waals surface area contributed by atoms with Crippen LogP contribution < -0.4 is 15.8 Å². The maximum atomic E-state index is 12.4. The number of nitrogens with one attached hydrogen (secondary N) is 2. The molecule has 30 heavy (non-hydrogen) atoms. The average Bonchev–Trinajstić information content (AvgIpc) is 3.24. The molecule has 0 radical (unpaired) electrons. The van der Waals surface area contributed by atoms with Gasteiger partial charge in [-0.1, -0.05) is 30.3 Å². The van der Waals surface area contributed by atoms with Gasteiger partial charge in [-0.2, -0.15) is 0 Å². The van der Waals surface area contributed by atoms with E-state index in [1.54, 1.807) is 53.9 Å². The second-order valence-electron chi connectivity index (χ2n) is 6.21. The third kappa shape index (κ3) is 6.09. The summed E-state index contributed by atoms with van der Waals surface area (Å²) in [6, 6.07) is 17.0. The summed E-state index contributed by atoms with van der Waals surface area (Å²) in [5, 5.41) is 4.53. The maximum Gasteiger partial charge on any atom is 0.271 e. The summed E-state index contributed by atoms with van der Waals surface area (Å²) in [5.74, 6) is -0.541. The molecule has 3 aromatic rings. The van der Waals surface area contributed by atoms with Gasteiger partial charge in [-0.25, -0.2) is 8.42 Å². The van der Waals surface area contributed by atoms with Gasteiger partial charge in [0.2, 0.25) is 11.8 Å². The highest BCUT2D eigenvalue weighted by Crippen LogP contribution is 2.27. The molecule has 7 nitrogen and oxygen atoms in total. The number of amides is 2. The van der Waals surface area contributed by atoms with Crippen LogP contribution in [0, 0.1) is 0 Å². The molecule has 4 N–H and O–H groups in total. The summed E-state index contributed by atoms with van der Waals surface area (Å²) < 4.78 is 27.3. The second kappa shape index (κ2) is 9.79. The molecule has 1 aromatic heterocycles. The van der Waals surface area contributed by atoms with Crippen LogP contribution in [-0.4, -0.2) is 26.0 Å². The first-order chi connectivity index (χ1) is 14.3. The molecule has 0 bridgehead atoms. The summed E-state index contributed by atoms with van der Waals surface area (Å²) in [6.07, 6.45) is 0.118. The van der Waals surface area contributed by atoms with Crippen LogP contribution in [0.25, 0.3) is 0 Å². The van der Waals surface area contributed by atoms with E-state index in [4.69, 9.17) is 5.73 Å². The van der Waals surface area contributed by atoms with Gasteiger partial charge in [0, 0.05) is 10.6 Å². The third-order valence-electron chi connectivity index (χ3n) is 3.86. The van der Waals surface area contributed by atoms with E-state index in [1.165, 1.54) is 17.8 Å². The normalized spacial score (nSPS) is 11.1. The average molecular weight is 462 g/mol. The Morgan fingerprint density at radius 1 is 1.00 bits per heavy atom. The number of benzene rings is 2. The van der Waals surface area contributed by atoms with Gasteiger partial charge >= 0.3 is 0 Å². The quantitative estimate of drug-likeness (QED) is 0.423. The molecule has 10 heteroatoms. The minimum atomic E-state index is -3.61. The van der Waals surface area contributed by atoms with Gasteiger partial charge < -0.3 is 11.1 Å². The number of rotatable bonds is 9. The van der Waals surface area contributed by atoms with Crippen LogP contribution in [0.3, 0.4) is 0 Å². The van der Waals surface area contributed by atoms with Crippen LogP contribution in [0.1, 0.15) is 5.56 Å². The molecule has 0 aliphatic rings. The van der Waals surface area contributed by atoms with Crippen molar-refractivity contribution in [1.82, 2.24) is 0 Å². The van der Waals surface area contributed by atoms with Crippen molar-refractivity contribution in [3.05, 3.63) is 71.6 Å². The van der Waals surface area contributed by atoms with Crippen LogP contribution >= 0.6 is 23.1 Å². The van der Waals surface area contributed by atoms with Gasteiger partial charge in [0.05, 0.1) is 17.9 Å². The lowest BCUT2D eigenvalue weighted by atomic mass is 10.1. The van der Waals surface area contributed by atoms with E-state index < -0.39 is 15.9 Å². The van der Waals surface area contributed by atoms with Crippen molar-refractivity contribution < 1.29 is 18.0 Å². The number of primary amides is 1. The number of thiophene rings is 1. The number of thioether (sulfide) groups is 1. The van der Waals surface area contributed by atoms with E-state index in [0.29, 0.717) is 11.4 Å². The maximum absolute atomic E-state index is 12.4. The van der Waals surface area contributed by atoms with Gasteiger partial charge in [0.1, 0.15) is 4.21 Å². The number of sulfonamides is 1. The minimum Gasteiger partial charge on any atom is -0.369 e. The minimum absolute atomic E-state index is 0.118. The lowest BCUT2D eigenvalue weighted by Crippen LogP contribution is -2.16. The molecular weight excluding hydrogens is 442 g/mol. The van der Waals surface area contributed by atoms with Crippen molar-refractivity contribution in [3.8, 4) is 0 Å². The molecule has 156 valence electrons. The van der Waals surface area contributed by atoms with Crippen LogP contribution in [0.4, 0.5) is 11.4 Å². The number of hydrogen-bond acceptors (Lipinski definition) is 6. The largest absolute Gasteiger partial charge is 0.369 e. The Balaban J connectivity index is 1.61. The number of hydrogen-bond donors (Lipinski definition) is 3. The fraction of sp³-hybridized carbons (Fsp3) is 0.100. The molecule has 0 atom stereocenters. The van der Waals surface area contributed by atoms with Gasteiger partial charge in [0.15, 0.2) is 0 Å². The highest BCUT2D eigenvalue weighted by molar-refractivity contribution is 8.00. The van der Waals surface area contributed by atoms with Crippen LogP contribution in [0.15, 0.2) is 75.1 Å². The predicted molar refractivity (Wildman–Crippen MR) is 120 cm³/mol. The monoisotopic (exact) mass is 461 g/mol. The highest BCUT2D eigenvalue weighted by atomic mass is 32.2. The Morgan fingerprint density at radius 2 is 1.73 bits per heavy atom. The van der Waals surface area contributed by atoms with Gasteiger partial charge in [-0.15, -0.1) is 23.1 Å². The van der Waals surface area contributed by atoms with Crippen LogP contribution in [0.2, 0.25) is 0 Å². The van der Waals surface area contributed by atoms with E-state index in [0.717, 1.165) is 21.8 Å². The molecule has 0 spiro atoms. The first-order valence-electron chi connectivity index (χ1n) is 8.79. The van der Waals surface area contributed by atoms with Crippen molar-refractivity contribution in [2.24, 2.45) is 5.73 Å². The Labute approximate surface area is 182 Å². The van der Waals surface area contributed by atoms with E-state index in [1.807, 2.05) is 6.07 Å². The van der Waals surface area contributed by atoms with Crippen molar-refractivity contribution in [2.75, 3.05) is 15.8 Å². The fourth-order valence-electron chi connectivity index (χ4n) is 2.54. The summed E-state index contributed by atoms with van der Waals surface area (Å²) in [4.78, 5) is 24.2. The molecule has 0 fully saturated rings. The van der Waals surface area contributed by atoms with E-state index in [2.05, 4.69) is 10.0 Å². The third-order valence-corrected chi connectivity index (χ3v) is 7.74. The lowest BCUT2D eigenvalue weighted by molar-refractivity contribution is -0.116. The number of nitrogens with two attached hydrogens (primary N) is 1. The van der Waals surface area contributed by atoms with E-state index in [9.17, 15) is 18.0 Å². The summed E-state index contributed by atoms with van der Waals surface area (Å²) in [7, 11) is -3.61. The SMILES string of the molecule is NC(=O)CSc1ccccc1NC(=O)Cc1ccc(NS(=O)(=O)c2cccs2)cc1. The topological polar surface area (TPSA) is 118 Å². The van der Waals surface area contributed by atoms with E-state index >= 15 is 0 Å². The molecule has 0 aliphatic carbocycles. The van der Waals surface area contributed by atoms with Crippen LogP contribution in [-0.2, 0) is 26.0 Å². The van der Waals surface area contributed by atoms with Crippen molar-refractivity contribution in [3.63, 3.8) is 0 Å². The van der Waals surface area contributed by atoms with Gasteiger partial charge in [0.25, 0.3) is 10.0 Å². The summed E-state index contributed by atoms with van der Waals surface area (Å²) in [5.41, 5.74) is 6.94. The fourth-order valence-corrected chi connectivity index (χ4v) is 5.34. The molecule has 0 saturated carbocycles. The highest BCUT2D eigenvalue weighted by Gasteiger charge is 2.15.